The van der Waals surface area contributed by atoms with Gasteiger partial charge >= 0.3 is 18.1 Å². The molecule has 0 aliphatic heterocycles. The molecule has 0 aliphatic rings. The normalized spacial score (nSPS) is 10.9. The molecule has 0 spiro atoms. The summed E-state index contributed by atoms with van der Waals surface area (Å²) in [6.07, 6.45) is -4.40. The first-order valence-corrected chi connectivity index (χ1v) is 3.88. The Morgan fingerprint density at radius 2 is 1.93 bits per heavy atom. The Morgan fingerprint density at radius 1 is 1.36 bits per heavy atom. The van der Waals surface area contributed by atoms with Crippen molar-refractivity contribution >= 4 is 11.9 Å². The standard InChI is InChI=1S/C7H10F3NO3/c1-2-3-14-5(12)4-11-6(13)7(8,9)10/h2-4H2,1H3,(H,11,13). The smallest absolute Gasteiger partial charge is 0.464 e. The second-order valence-electron chi connectivity index (χ2n) is 2.40. The van der Waals surface area contributed by atoms with Crippen LogP contribution in [0.3, 0.4) is 0 Å². The van der Waals surface area contributed by atoms with Crippen LogP contribution >= 0.6 is 0 Å². The molecule has 0 aromatic rings. The first kappa shape index (κ1) is 12.7. The van der Waals surface area contributed by atoms with Crippen molar-refractivity contribution in [2.45, 2.75) is 19.5 Å². The summed E-state index contributed by atoms with van der Waals surface area (Å²) in [5.41, 5.74) is 0. The van der Waals surface area contributed by atoms with Crippen molar-refractivity contribution in [1.82, 2.24) is 5.32 Å². The molecule has 7 heteroatoms. The molecule has 0 heterocycles. The maximum atomic E-state index is 11.6. The van der Waals surface area contributed by atoms with Gasteiger partial charge < -0.3 is 10.1 Å². The molecular weight excluding hydrogens is 203 g/mol. The van der Waals surface area contributed by atoms with Crippen LogP contribution in [-0.2, 0) is 14.3 Å². The van der Waals surface area contributed by atoms with Crippen molar-refractivity contribution in [2.24, 2.45) is 0 Å². The van der Waals surface area contributed by atoms with Crippen molar-refractivity contribution in [3.8, 4) is 0 Å². The van der Waals surface area contributed by atoms with Crippen LogP contribution in [0.2, 0.25) is 0 Å². The van der Waals surface area contributed by atoms with E-state index in [1.165, 1.54) is 5.32 Å². The zero-order valence-electron chi connectivity index (χ0n) is 7.48. The van der Waals surface area contributed by atoms with Gasteiger partial charge in [-0.25, -0.2) is 0 Å². The number of carbonyl (C=O) groups excluding carboxylic acids is 2. The van der Waals surface area contributed by atoms with Crippen molar-refractivity contribution in [3.63, 3.8) is 0 Å². The highest BCUT2D eigenvalue weighted by molar-refractivity contribution is 5.85. The lowest BCUT2D eigenvalue weighted by Crippen LogP contribution is -2.40. The zero-order valence-corrected chi connectivity index (χ0v) is 7.48. The Labute approximate surface area is 78.4 Å². The summed E-state index contributed by atoms with van der Waals surface area (Å²) >= 11 is 0. The number of rotatable bonds is 4. The number of amides is 1. The lowest BCUT2D eigenvalue weighted by Gasteiger charge is -2.07. The van der Waals surface area contributed by atoms with Gasteiger partial charge in [0.25, 0.3) is 0 Å². The molecule has 0 rings (SSSR count). The van der Waals surface area contributed by atoms with E-state index >= 15 is 0 Å². The van der Waals surface area contributed by atoms with Crippen LogP contribution in [0.5, 0.6) is 0 Å². The number of hydrogen-bond donors (Lipinski definition) is 1. The van der Waals surface area contributed by atoms with E-state index in [0.717, 1.165) is 0 Å². The fraction of sp³-hybridized carbons (Fsp3) is 0.714. The lowest BCUT2D eigenvalue weighted by atomic mass is 10.5. The van der Waals surface area contributed by atoms with Crippen LogP contribution in [0.15, 0.2) is 0 Å². The summed E-state index contributed by atoms with van der Waals surface area (Å²) < 4.78 is 39.2. The summed E-state index contributed by atoms with van der Waals surface area (Å²) in [5.74, 6) is -3.03. The average molecular weight is 213 g/mol. The van der Waals surface area contributed by atoms with Crippen LogP contribution in [-0.4, -0.2) is 31.2 Å². The fourth-order valence-electron chi connectivity index (χ4n) is 0.520. The second kappa shape index (κ2) is 5.46. The van der Waals surface area contributed by atoms with E-state index in [4.69, 9.17) is 0 Å². The molecule has 0 fully saturated rings. The Bertz CT molecular complexity index is 215. The number of halogens is 3. The van der Waals surface area contributed by atoms with Crippen LogP contribution in [0.4, 0.5) is 13.2 Å². The third kappa shape index (κ3) is 5.39. The lowest BCUT2D eigenvalue weighted by molar-refractivity contribution is -0.174. The second-order valence-corrected chi connectivity index (χ2v) is 2.40. The number of hydrogen-bond acceptors (Lipinski definition) is 3. The number of carbonyl (C=O) groups is 2. The number of nitrogens with one attached hydrogen (secondary N) is 1. The van der Waals surface area contributed by atoms with Gasteiger partial charge in [-0.3, -0.25) is 9.59 Å². The predicted octanol–water partition coefficient (Wildman–Crippen LogP) is 0.618. The third-order valence-electron chi connectivity index (χ3n) is 1.12. The summed E-state index contributed by atoms with van der Waals surface area (Å²) in [5, 5.41) is 1.39. The highest BCUT2D eigenvalue weighted by Crippen LogP contribution is 2.13. The van der Waals surface area contributed by atoms with Gasteiger partial charge in [0.05, 0.1) is 6.61 Å². The van der Waals surface area contributed by atoms with Crippen LogP contribution in [0, 0.1) is 0 Å². The quantitative estimate of drug-likeness (QED) is 0.696. The van der Waals surface area contributed by atoms with Gasteiger partial charge in [0, 0.05) is 0 Å². The van der Waals surface area contributed by atoms with Crippen LogP contribution in [0.25, 0.3) is 0 Å². The molecule has 1 amide bonds. The molecule has 0 bridgehead atoms. The van der Waals surface area contributed by atoms with E-state index < -0.39 is 24.6 Å². The van der Waals surface area contributed by atoms with Gasteiger partial charge in [0.1, 0.15) is 6.54 Å². The molecule has 0 aromatic heterocycles. The molecule has 0 aliphatic carbocycles. The van der Waals surface area contributed by atoms with Crippen molar-refractivity contribution in [2.75, 3.05) is 13.2 Å². The molecular formula is C7H10F3NO3. The average Bonchev–Trinajstić information content (AvgIpc) is 2.09. The Morgan fingerprint density at radius 3 is 2.36 bits per heavy atom. The molecule has 0 aromatic carbocycles. The van der Waals surface area contributed by atoms with Crippen molar-refractivity contribution in [3.05, 3.63) is 0 Å². The fourth-order valence-corrected chi connectivity index (χ4v) is 0.520. The van der Waals surface area contributed by atoms with E-state index in [2.05, 4.69) is 4.74 Å². The zero-order chi connectivity index (χ0) is 11.2. The van der Waals surface area contributed by atoms with Crippen LogP contribution < -0.4 is 5.32 Å². The largest absolute Gasteiger partial charge is 0.471 e. The molecule has 82 valence electrons. The molecule has 0 atom stereocenters. The van der Waals surface area contributed by atoms with E-state index in [9.17, 15) is 22.8 Å². The van der Waals surface area contributed by atoms with E-state index in [-0.39, 0.29) is 6.61 Å². The van der Waals surface area contributed by atoms with Crippen molar-refractivity contribution < 1.29 is 27.5 Å². The Kier molecular flexibility index (Phi) is 4.96. The molecule has 0 saturated heterocycles. The molecule has 4 nitrogen and oxygen atoms in total. The summed E-state index contributed by atoms with van der Waals surface area (Å²) in [6.45, 7) is 1.10. The third-order valence-corrected chi connectivity index (χ3v) is 1.12. The minimum Gasteiger partial charge on any atom is -0.464 e. The van der Waals surface area contributed by atoms with Gasteiger partial charge in [0.15, 0.2) is 0 Å². The van der Waals surface area contributed by atoms with Gasteiger partial charge in [0.2, 0.25) is 0 Å². The minimum atomic E-state index is -4.97. The maximum Gasteiger partial charge on any atom is 0.471 e. The van der Waals surface area contributed by atoms with Gasteiger partial charge in [-0.1, -0.05) is 6.92 Å². The van der Waals surface area contributed by atoms with Crippen LogP contribution in [0.1, 0.15) is 13.3 Å². The molecule has 14 heavy (non-hydrogen) atoms. The van der Waals surface area contributed by atoms with Gasteiger partial charge in [-0.2, -0.15) is 13.2 Å². The molecule has 1 N–H and O–H groups in total. The highest BCUT2D eigenvalue weighted by atomic mass is 19.4. The summed E-state index contributed by atoms with van der Waals surface area (Å²) in [6, 6.07) is 0. The summed E-state index contributed by atoms with van der Waals surface area (Å²) in [7, 11) is 0. The molecule has 0 saturated carbocycles. The van der Waals surface area contributed by atoms with Crippen molar-refractivity contribution in [1.29, 1.82) is 0 Å². The van der Waals surface area contributed by atoms with E-state index in [1.807, 2.05) is 0 Å². The highest BCUT2D eigenvalue weighted by Gasteiger charge is 2.38. The van der Waals surface area contributed by atoms with E-state index in [0.29, 0.717) is 6.42 Å². The molecule has 0 unspecified atom stereocenters. The first-order valence-electron chi connectivity index (χ1n) is 3.88. The van der Waals surface area contributed by atoms with Gasteiger partial charge in [-0.05, 0) is 6.42 Å². The Balaban J connectivity index is 3.73. The summed E-state index contributed by atoms with van der Waals surface area (Å²) in [4.78, 5) is 20.8. The first-order chi connectivity index (χ1) is 6.38. The topological polar surface area (TPSA) is 55.4 Å². The van der Waals surface area contributed by atoms with Gasteiger partial charge in [-0.15, -0.1) is 0 Å². The number of ether oxygens (including phenoxy) is 1. The number of esters is 1. The monoisotopic (exact) mass is 213 g/mol. The maximum absolute atomic E-state index is 11.6. The Hall–Kier alpha value is -1.27. The minimum absolute atomic E-state index is 0.126. The molecule has 0 radical (unpaired) electrons. The predicted molar refractivity (Wildman–Crippen MR) is 40.3 cm³/mol. The van der Waals surface area contributed by atoms with E-state index in [1.54, 1.807) is 6.92 Å². The number of alkyl halides is 3. The SMILES string of the molecule is CCCOC(=O)CNC(=O)C(F)(F)F.